The van der Waals surface area contributed by atoms with Crippen molar-refractivity contribution < 1.29 is 18.3 Å². The highest BCUT2D eigenvalue weighted by Crippen LogP contribution is 2.16. The van der Waals surface area contributed by atoms with Gasteiger partial charge in [0.2, 0.25) is 10.0 Å². The number of hydrogen-bond donors (Lipinski definition) is 2. The van der Waals surface area contributed by atoms with Crippen LogP contribution in [0.5, 0.6) is 0 Å². The molecule has 1 saturated heterocycles. The van der Waals surface area contributed by atoms with Crippen molar-refractivity contribution in [2.75, 3.05) is 32.5 Å². The number of nitrogens with zero attached hydrogens (tertiary/aromatic N) is 1. The van der Waals surface area contributed by atoms with Crippen molar-refractivity contribution in [1.82, 2.24) is 9.62 Å². The summed E-state index contributed by atoms with van der Waals surface area (Å²) < 4.78 is 30.0. The van der Waals surface area contributed by atoms with E-state index in [9.17, 15) is 13.5 Å². The Labute approximate surface area is 103 Å². The van der Waals surface area contributed by atoms with Gasteiger partial charge in [-0.2, -0.15) is 0 Å². The van der Waals surface area contributed by atoms with Crippen molar-refractivity contribution in [3.05, 3.63) is 0 Å². The molecule has 0 bridgehead atoms. The van der Waals surface area contributed by atoms with Gasteiger partial charge < -0.3 is 14.7 Å². The number of aliphatic hydroxyl groups is 1. The molecular formula is C10H22N2O4S. The van der Waals surface area contributed by atoms with Crippen molar-refractivity contribution in [3.63, 3.8) is 0 Å². The number of likely N-dealkylation sites (N-methyl/N-ethyl adjacent to an activating group) is 1. The molecule has 2 N–H and O–H groups in total. The number of hydrogen-bond acceptors (Lipinski definition) is 5. The number of nitrogens with one attached hydrogen (secondary N) is 1. The van der Waals surface area contributed by atoms with Gasteiger partial charge in [-0.25, -0.2) is 13.1 Å². The molecule has 0 amide bonds. The van der Waals surface area contributed by atoms with Crippen molar-refractivity contribution in [2.24, 2.45) is 0 Å². The van der Waals surface area contributed by atoms with Crippen LogP contribution in [0.15, 0.2) is 0 Å². The molecule has 1 heterocycles. The molecule has 0 spiro atoms. The molecule has 1 unspecified atom stereocenters. The highest BCUT2D eigenvalue weighted by molar-refractivity contribution is 7.88. The van der Waals surface area contributed by atoms with E-state index in [4.69, 9.17) is 4.74 Å². The average Bonchev–Trinajstić information content (AvgIpc) is 2.55. The molecule has 1 rings (SSSR count). The van der Waals surface area contributed by atoms with Gasteiger partial charge in [0, 0.05) is 6.54 Å². The Morgan fingerprint density at radius 2 is 2.00 bits per heavy atom. The van der Waals surface area contributed by atoms with Gasteiger partial charge in [0.1, 0.15) is 0 Å². The predicted molar refractivity (Wildman–Crippen MR) is 65.3 cm³/mol. The Balaban J connectivity index is 2.52. The first kappa shape index (κ1) is 14.8. The van der Waals surface area contributed by atoms with E-state index in [0.29, 0.717) is 6.54 Å². The second-order valence-corrected chi connectivity index (χ2v) is 6.12. The predicted octanol–water partition coefficient (Wildman–Crippen LogP) is -0.994. The molecular weight excluding hydrogens is 244 g/mol. The molecule has 7 heteroatoms. The molecule has 0 aromatic rings. The van der Waals surface area contributed by atoms with Gasteiger partial charge in [0.25, 0.3) is 0 Å². The van der Waals surface area contributed by atoms with E-state index < -0.39 is 22.2 Å². The molecule has 6 nitrogen and oxygen atoms in total. The topological polar surface area (TPSA) is 78.9 Å². The molecule has 1 aliphatic heterocycles. The van der Waals surface area contributed by atoms with Crippen LogP contribution in [0.3, 0.4) is 0 Å². The van der Waals surface area contributed by atoms with Crippen LogP contribution < -0.4 is 4.72 Å². The van der Waals surface area contributed by atoms with Crippen LogP contribution in [0, 0.1) is 0 Å². The second kappa shape index (κ2) is 6.10. The van der Waals surface area contributed by atoms with E-state index in [1.54, 1.807) is 0 Å². The maximum Gasteiger partial charge on any atom is 0.209 e. The zero-order valence-corrected chi connectivity index (χ0v) is 11.4. The number of rotatable bonds is 6. The monoisotopic (exact) mass is 266 g/mol. The highest BCUT2D eigenvalue weighted by Gasteiger charge is 2.37. The third-order valence-corrected chi connectivity index (χ3v) is 3.71. The smallest absolute Gasteiger partial charge is 0.209 e. The van der Waals surface area contributed by atoms with Crippen LogP contribution in [0.2, 0.25) is 0 Å². The van der Waals surface area contributed by atoms with Crippen molar-refractivity contribution in [2.45, 2.75) is 32.1 Å². The standard InChI is InChI=1S/C10H22N2O4S/c1-4-12(5-2)6-9-10(13)8(7-16-9)11-17(3,14)15/h8-11,13H,4-7H2,1-3H3/t8?,9-,10+/m0/s1. The largest absolute Gasteiger partial charge is 0.389 e. The Morgan fingerprint density at radius 1 is 1.41 bits per heavy atom. The molecule has 0 radical (unpaired) electrons. The van der Waals surface area contributed by atoms with Crippen molar-refractivity contribution >= 4 is 10.0 Å². The van der Waals surface area contributed by atoms with E-state index in [1.165, 1.54) is 0 Å². The zero-order valence-electron chi connectivity index (χ0n) is 10.6. The summed E-state index contributed by atoms with van der Waals surface area (Å²) >= 11 is 0. The Morgan fingerprint density at radius 3 is 2.47 bits per heavy atom. The molecule has 1 aliphatic rings. The third kappa shape index (κ3) is 4.51. The Kier molecular flexibility index (Phi) is 5.33. The summed E-state index contributed by atoms with van der Waals surface area (Å²) in [7, 11) is -3.31. The summed E-state index contributed by atoms with van der Waals surface area (Å²) in [6, 6.07) is -0.537. The van der Waals surface area contributed by atoms with Crippen LogP contribution in [0.1, 0.15) is 13.8 Å². The molecule has 0 aromatic carbocycles. The molecule has 17 heavy (non-hydrogen) atoms. The summed E-state index contributed by atoms with van der Waals surface area (Å²) in [6.45, 7) is 6.69. The first-order chi connectivity index (χ1) is 7.87. The lowest BCUT2D eigenvalue weighted by atomic mass is 10.1. The Bertz CT molecular complexity index is 329. The molecule has 1 fully saturated rings. The summed E-state index contributed by atoms with van der Waals surface area (Å²) in [5.74, 6) is 0. The number of ether oxygens (including phenoxy) is 1. The van der Waals surface area contributed by atoms with Gasteiger partial charge in [0.15, 0.2) is 0 Å². The normalized spacial score (nSPS) is 30.1. The van der Waals surface area contributed by atoms with E-state index >= 15 is 0 Å². The lowest BCUT2D eigenvalue weighted by molar-refractivity contribution is 0.0175. The minimum absolute atomic E-state index is 0.222. The van der Waals surface area contributed by atoms with E-state index in [0.717, 1.165) is 19.3 Å². The number of sulfonamides is 1. The quantitative estimate of drug-likeness (QED) is 0.645. The van der Waals surface area contributed by atoms with Crippen LogP contribution in [0.25, 0.3) is 0 Å². The second-order valence-electron chi connectivity index (χ2n) is 4.34. The highest BCUT2D eigenvalue weighted by atomic mass is 32.2. The van der Waals surface area contributed by atoms with E-state index in [2.05, 4.69) is 9.62 Å². The van der Waals surface area contributed by atoms with Gasteiger partial charge in [-0.3, -0.25) is 0 Å². The fourth-order valence-electron chi connectivity index (χ4n) is 1.96. The summed E-state index contributed by atoms with van der Waals surface area (Å²) in [4.78, 5) is 2.14. The van der Waals surface area contributed by atoms with Gasteiger partial charge in [0.05, 0.1) is 31.1 Å². The maximum atomic E-state index is 11.1. The molecule has 102 valence electrons. The number of aliphatic hydroxyl groups excluding tert-OH is 1. The molecule has 0 aromatic heterocycles. The zero-order chi connectivity index (χ0) is 13.1. The van der Waals surface area contributed by atoms with Gasteiger partial charge >= 0.3 is 0 Å². The Hall–Kier alpha value is -0.210. The van der Waals surface area contributed by atoms with Gasteiger partial charge in [-0.1, -0.05) is 13.8 Å². The van der Waals surface area contributed by atoms with E-state index in [1.807, 2.05) is 13.8 Å². The summed E-state index contributed by atoms with van der Waals surface area (Å²) in [5, 5.41) is 9.97. The van der Waals surface area contributed by atoms with Crippen LogP contribution in [0.4, 0.5) is 0 Å². The lowest BCUT2D eigenvalue weighted by Gasteiger charge is -2.24. The minimum Gasteiger partial charge on any atom is -0.389 e. The van der Waals surface area contributed by atoms with Gasteiger partial charge in [-0.15, -0.1) is 0 Å². The van der Waals surface area contributed by atoms with Gasteiger partial charge in [-0.05, 0) is 13.1 Å². The van der Waals surface area contributed by atoms with Crippen LogP contribution in [-0.2, 0) is 14.8 Å². The SMILES string of the molecule is CCN(CC)C[C@@H]1OCC(NS(C)(=O)=O)[C@H]1O. The van der Waals surface area contributed by atoms with Crippen molar-refractivity contribution in [3.8, 4) is 0 Å². The lowest BCUT2D eigenvalue weighted by Crippen LogP contribution is -2.46. The molecule has 0 aliphatic carbocycles. The summed E-state index contributed by atoms with van der Waals surface area (Å²) in [5.41, 5.74) is 0. The third-order valence-electron chi connectivity index (χ3n) is 2.98. The molecule has 0 saturated carbocycles. The van der Waals surface area contributed by atoms with Crippen molar-refractivity contribution in [1.29, 1.82) is 0 Å². The average molecular weight is 266 g/mol. The molecule has 3 atom stereocenters. The fraction of sp³-hybridized carbons (Fsp3) is 1.00. The first-order valence-corrected chi connectivity index (χ1v) is 7.75. The maximum absolute atomic E-state index is 11.1. The van der Waals surface area contributed by atoms with E-state index in [-0.39, 0.29) is 12.7 Å². The first-order valence-electron chi connectivity index (χ1n) is 5.86. The van der Waals surface area contributed by atoms with Crippen LogP contribution >= 0.6 is 0 Å². The summed E-state index contributed by atoms with van der Waals surface area (Å²) in [6.07, 6.45) is -0.0308. The minimum atomic E-state index is -3.31. The van der Waals surface area contributed by atoms with Crippen LogP contribution in [-0.4, -0.2) is 69.2 Å². The fourth-order valence-corrected chi connectivity index (χ4v) is 2.72.